The Bertz CT molecular complexity index is 3270. The number of halogens is 4. The van der Waals surface area contributed by atoms with Gasteiger partial charge < -0.3 is 0 Å². The first-order chi connectivity index (χ1) is 28.0. The highest BCUT2D eigenvalue weighted by Gasteiger charge is 2.48. The van der Waals surface area contributed by atoms with E-state index in [1.807, 2.05) is 18.2 Å². The van der Waals surface area contributed by atoms with Gasteiger partial charge in [0.1, 0.15) is 17.7 Å². The summed E-state index contributed by atoms with van der Waals surface area (Å²) in [7, 11) is 0. The summed E-state index contributed by atoms with van der Waals surface area (Å²) in [5, 5.41) is 29.3. The summed E-state index contributed by atoms with van der Waals surface area (Å²) in [5.74, 6) is -5.98. The predicted octanol–water partition coefficient (Wildman–Crippen LogP) is 12.5. The molecule has 0 unspecified atom stereocenters. The second-order valence-corrected chi connectivity index (χ2v) is 18.5. The minimum absolute atomic E-state index is 0.00475. The Morgan fingerprint density at radius 2 is 1.22 bits per heavy atom. The second kappa shape index (κ2) is 12.9. The SMILES string of the molecule is [C-]#[N+]/C(C#N)=C1\C(=C/c2cc3sc4c5c(sc4c3s2)-c2sc(/C=C3\C(=O)c4cc(F)c(F)cc4C3=C(C#N)C#N)cc2C52CCCCC2)C(=O)c2cc(F)c(F)cc21. The fourth-order valence-electron chi connectivity index (χ4n) is 8.93. The molecule has 4 aromatic heterocycles. The maximum absolute atomic E-state index is 14.4. The van der Waals surface area contributed by atoms with E-state index in [-0.39, 0.29) is 55.5 Å². The fraction of sp³-hybridized carbons (Fsp3) is 0.136. The molecule has 2 aromatic carbocycles. The van der Waals surface area contributed by atoms with Gasteiger partial charge in [-0.1, -0.05) is 19.3 Å². The topological polar surface area (TPSA) is 110 Å². The Hall–Kier alpha value is -6.26. The zero-order valence-electron chi connectivity index (χ0n) is 29.4. The minimum atomic E-state index is -1.20. The van der Waals surface area contributed by atoms with Crippen LogP contribution in [0.25, 0.3) is 56.7 Å². The van der Waals surface area contributed by atoms with Crippen molar-refractivity contribution in [2.45, 2.75) is 37.5 Å². The summed E-state index contributed by atoms with van der Waals surface area (Å²) in [6.07, 6.45) is 8.15. The van der Waals surface area contributed by atoms with Gasteiger partial charge in [-0.05, 0) is 78.1 Å². The first kappa shape index (κ1) is 36.1. The monoisotopic (exact) mass is 838 g/mol. The van der Waals surface area contributed by atoms with E-state index in [1.165, 1.54) is 32.9 Å². The third-order valence-corrected chi connectivity index (χ3v) is 16.4. The van der Waals surface area contributed by atoms with Gasteiger partial charge in [0.05, 0.1) is 31.6 Å². The summed E-state index contributed by atoms with van der Waals surface area (Å²) >= 11 is 6.24. The van der Waals surface area contributed by atoms with Crippen molar-refractivity contribution in [2.75, 3.05) is 0 Å². The molecule has 1 spiro atoms. The first-order valence-corrected chi connectivity index (χ1v) is 21.0. The molecule has 0 saturated heterocycles. The van der Waals surface area contributed by atoms with Gasteiger partial charge >= 0.3 is 0 Å². The van der Waals surface area contributed by atoms with Crippen molar-refractivity contribution in [3.63, 3.8) is 0 Å². The molecule has 4 aliphatic rings. The van der Waals surface area contributed by atoms with Gasteiger partial charge in [-0.15, -0.1) is 45.3 Å². The lowest BCUT2D eigenvalue weighted by atomic mass is 9.68. The summed E-state index contributed by atoms with van der Waals surface area (Å²) in [6.45, 7) is 7.56. The van der Waals surface area contributed by atoms with Gasteiger partial charge in [-0.3, -0.25) is 9.59 Å². The number of benzene rings is 2. The summed E-state index contributed by atoms with van der Waals surface area (Å²) in [4.78, 5) is 34.1. The molecule has 58 heavy (non-hydrogen) atoms. The van der Waals surface area contributed by atoms with Crippen LogP contribution in [-0.4, -0.2) is 11.6 Å². The van der Waals surface area contributed by atoms with E-state index in [4.69, 9.17) is 6.57 Å². The average molecular weight is 839 g/mol. The number of thiophene rings is 4. The normalized spacial score (nSPS) is 18.4. The molecule has 14 heteroatoms. The van der Waals surface area contributed by atoms with Gasteiger partial charge in [0.15, 0.2) is 34.8 Å². The van der Waals surface area contributed by atoms with Gasteiger partial charge in [-0.25, -0.2) is 27.7 Å². The van der Waals surface area contributed by atoms with E-state index >= 15 is 0 Å². The molecule has 4 heterocycles. The van der Waals surface area contributed by atoms with E-state index in [2.05, 4.69) is 10.9 Å². The van der Waals surface area contributed by atoms with Crippen LogP contribution >= 0.6 is 45.3 Å². The van der Waals surface area contributed by atoms with Gasteiger partial charge in [0.25, 0.3) is 5.70 Å². The van der Waals surface area contributed by atoms with Crippen LogP contribution in [0.15, 0.2) is 58.8 Å². The zero-order chi connectivity index (χ0) is 40.4. The maximum Gasteiger partial charge on any atom is 0.270 e. The van der Waals surface area contributed by atoms with Crippen molar-refractivity contribution in [1.82, 2.24) is 0 Å². The summed E-state index contributed by atoms with van der Waals surface area (Å²) in [6, 6.07) is 12.8. The largest absolute Gasteiger partial charge is 0.289 e. The van der Waals surface area contributed by atoms with Crippen LogP contribution in [-0.2, 0) is 5.41 Å². The van der Waals surface area contributed by atoms with Gasteiger partial charge in [-0.2, -0.15) is 10.5 Å². The molecule has 1 fully saturated rings. The lowest BCUT2D eigenvalue weighted by Gasteiger charge is -2.35. The van der Waals surface area contributed by atoms with Crippen molar-refractivity contribution in [3.05, 3.63) is 137 Å². The van der Waals surface area contributed by atoms with Gasteiger partial charge in [0.2, 0.25) is 0 Å². The molecular weight excluding hydrogens is 821 g/mol. The molecule has 6 nitrogen and oxygen atoms in total. The molecule has 0 bridgehead atoms. The molecule has 1 saturated carbocycles. The highest BCUT2D eigenvalue weighted by atomic mass is 32.1. The second-order valence-electron chi connectivity index (χ2n) is 14.3. The molecule has 0 aliphatic heterocycles. The standard InChI is InChI=1S/C44H18F4N4O2S4/c1-52-32(17-51)35-22-12-29(46)31(48)14-24(22)38(54)26(35)8-20-10-33-40(56-20)43-42(57-33)36-41(58-43)39-27(44(36)5-3-2-4-6-44)9-19(55-39)7-25-34(18(15-49)16-50)21-11-28(45)30(47)13-23(21)37(25)53/h7-14H,2-6H2/b25-7-,26-8+,35-32-. The van der Waals surface area contributed by atoms with Crippen LogP contribution in [0, 0.1) is 63.8 Å². The van der Waals surface area contributed by atoms with Crippen LogP contribution < -0.4 is 0 Å². The number of carbonyl (C=O) groups is 2. The van der Waals surface area contributed by atoms with Crippen molar-refractivity contribution in [2.24, 2.45) is 0 Å². The Labute approximate surface area is 342 Å². The number of hydrogen-bond donors (Lipinski definition) is 0. The van der Waals surface area contributed by atoms with Crippen LogP contribution in [0.3, 0.4) is 0 Å². The third-order valence-electron chi connectivity index (χ3n) is 11.3. The van der Waals surface area contributed by atoms with Crippen LogP contribution in [0.5, 0.6) is 0 Å². The molecule has 0 amide bonds. The first-order valence-electron chi connectivity index (χ1n) is 17.7. The smallest absolute Gasteiger partial charge is 0.270 e. The minimum Gasteiger partial charge on any atom is -0.289 e. The number of rotatable bonds is 2. The zero-order valence-corrected chi connectivity index (χ0v) is 32.7. The number of nitriles is 3. The Morgan fingerprint density at radius 3 is 1.81 bits per heavy atom. The molecule has 4 aliphatic carbocycles. The summed E-state index contributed by atoms with van der Waals surface area (Å²) in [5.41, 5.74) is 1.17. The number of Topliss-reactive ketones (excluding diaryl/α,β-unsaturated/α-hetero) is 2. The Morgan fingerprint density at radius 1 is 0.655 bits per heavy atom. The van der Waals surface area contributed by atoms with E-state index in [9.17, 15) is 42.9 Å². The fourth-order valence-corrected chi connectivity index (χ4v) is 14.7. The number of allylic oxidation sites excluding steroid dienone is 6. The molecule has 278 valence electrons. The quantitative estimate of drug-likeness (QED) is 0.0746. The summed E-state index contributed by atoms with van der Waals surface area (Å²) < 4.78 is 61.5. The third kappa shape index (κ3) is 4.87. The van der Waals surface area contributed by atoms with Crippen LogP contribution in [0.1, 0.15) is 84.8 Å². The van der Waals surface area contributed by atoms with E-state index in [1.54, 1.807) is 40.9 Å². The Kier molecular flexibility index (Phi) is 8.02. The lowest BCUT2D eigenvalue weighted by Crippen LogP contribution is -2.27. The van der Waals surface area contributed by atoms with Crippen LogP contribution in [0.2, 0.25) is 0 Å². The predicted molar refractivity (Wildman–Crippen MR) is 217 cm³/mol. The number of carbonyl (C=O) groups excluding carboxylic acids is 2. The average Bonchev–Trinajstić information content (AvgIpc) is 4.07. The van der Waals surface area contributed by atoms with Crippen molar-refractivity contribution < 1.29 is 27.2 Å². The van der Waals surface area contributed by atoms with E-state index in [0.717, 1.165) is 85.8 Å². The van der Waals surface area contributed by atoms with Crippen molar-refractivity contribution >= 4 is 99.0 Å². The van der Waals surface area contributed by atoms with Gasteiger partial charge in [0, 0.05) is 63.7 Å². The maximum atomic E-state index is 14.4. The van der Waals surface area contributed by atoms with Crippen molar-refractivity contribution in [1.29, 1.82) is 15.8 Å². The molecule has 10 rings (SSSR count). The molecule has 0 atom stereocenters. The molecule has 0 radical (unpaired) electrons. The highest BCUT2D eigenvalue weighted by molar-refractivity contribution is 7.40. The molecule has 0 N–H and O–H groups in total. The van der Waals surface area contributed by atoms with E-state index < -0.39 is 40.5 Å². The lowest BCUT2D eigenvalue weighted by molar-refractivity contribution is 0.103. The van der Waals surface area contributed by atoms with E-state index in [0.29, 0.717) is 9.75 Å². The molecular formula is C44H18F4N4O2S4. The number of ketones is 2. The highest BCUT2D eigenvalue weighted by Crippen LogP contribution is 2.65. The molecule has 6 aromatic rings. The van der Waals surface area contributed by atoms with Crippen LogP contribution in [0.4, 0.5) is 17.6 Å². The van der Waals surface area contributed by atoms with Crippen molar-refractivity contribution in [3.8, 4) is 28.0 Å². The number of hydrogen-bond acceptors (Lipinski definition) is 9. The number of fused-ring (bicyclic) bond motifs is 11. The number of nitrogens with zero attached hydrogens (tertiary/aromatic N) is 4. The Balaban J connectivity index is 1.11.